The molecule has 0 saturated carbocycles. The molecule has 0 aromatic heterocycles. The average molecular weight is 275 g/mol. The summed E-state index contributed by atoms with van der Waals surface area (Å²) in [6, 6.07) is 6.72. The maximum absolute atomic E-state index is 3.43. The van der Waals surface area contributed by atoms with E-state index in [1.165, 1.54) is 16.8 Å². The van der Waals surface area contributed by atoms with Crippen LogP contribution in [-0.2, 0) is 0 Å². The van der Waals surface area contributed by atoms with Gasteiger partial charge in [-0.1, -0.05) is 17.7 Å². The zero-order valence-corrected chi connectivity index (χ0v) is 13.7. The Labute approximate surface area is 124 Å². The molecule has 1 N–H and O–H groups in total. The minimum absolute atomic E-state index is 0.203. The van der Waals surface area contributed by atoms with Crippen molar-refractivity contribution in [1.29, 1.82) is 0 Å². The van der Waals surface area contributed by atoms with Crippen LogP contribution < -0.4 is 10.2 Å². The quantitative estimate of drug-likeness (QED) is 0.910. The average Bonchev–Trinajstić information content (AvgIpc) is 2.39. The van der Waals surface area contributed by atoms with Gasteiger partial charge in [0.05, 0.1) is 0 Å². The number of benzene rings is 1. The van der Waals surface area contributed by atoms with Crippen molar-refractivity contribution in [3.05, 3.63) is 29.3 Å². The molecule has 1 aromatic rings. The minimum Gasteiger partial charge on any atom is -0.373 e. The second kappa shape index (κ2) is 6.15. The van der Waals surface area contributed by atoms with Crippen LogP contribution in [-0.4, -0.2) is 50.2 Å². The monoisotopic (exact) mass is 275 g/mol. The number of hydrogen-bond acceptors (Lipinski definition) is 3. The summed E-state index contributed by atoms with van der Waals surface area (Å²) in [6.07, 6.45) is 0. The molecule has 20 heavy (non-hydrogen) atoms. The standard InChI is InChI=1S/C17H29N3/c1-14-6-7-16(15(2)12-14)19(5)13-17(3,4)20-10-8-18-9-11-20/h6-7,12,18H,8-11,13H2,1-5H3. The fourth-order valence-electron chi connectivity index (χ4n) is 3.27. The van der Waals surface area contributed by atoms with Crippen molar-refractivity contribution in [2.24, 2.45) is 0 Å². The van der Waals surface area contributed by atoms with E-state index in [-0.39, 0.29) is 5.54 Å². The molecule has 1 aromatic carbocycles. The molecule has 3 heteroatoms. The van der Waals surface area contributed by atoms with Gasteiger partial charge in [0.2, 0.25) is 0 Å². The Kier molecular flexibility index (Phi) is 4.71. The lowest BCUT2D eigenvalue weighted by Gasteiger charge is -2.43. The number of nitrogens with zero attached hydrogens (tertiary/aromatic N) is 2. The molecular formula is C17H29N3. The number of anilines is 1. The van der Waals surface area contributed by atoms with Gasteiger partial charge in [0.1, 0.15) is 0 Å². The summed E-state index contributed by atoms with van der Waals surface area (Å²) >= 11 is 0. The normalized spacial score (nSPS) is 17.2. The van der Waals surface area contributed by atoms with Gasteiger partial charge in [-0.3, -0.25) is 4.90 Å². The number of likely N-dealkylation sites (N-methyl/N-ethyl adjacent to an activating group) is 1. The molecule has 2 rings (SSSR count). The van der Waals surface area contributed by atoms with Crippen molar-refractivity contribution in [3.8, 4) is 0 Å². The third-order valence-electron chi connectivity index (χ3n) is 4.36. The van der Waals surface area contributed by atoms with Crippen molar-refractivity contribution < 1.29 is 0 Å². The maximum atomic E-state index is 3.43. The molecule has 0 atom stereocenters. The lowest BCUT2D eigenvalue weighted by Crippen LogP contribution is -2.57. The van der Waals surface area contributed by atoms with E-state index in [4.69, 9.17) is 0 Å². The van der Waals surface area contributed by atoms with Crippen LogP contribution in [0.1, 0.15) is 25.0 Å². The highest BCUT2D eigenvalue weighted by Crippen LogP contribution is 2.24. The van der Waals surface area contributed by atoms with E-state index >= 15 is 0 Å². The number of nitrogens with one attached hydrogen (secondary N) is 1. The predicted molar refractivity (Wildman–Crippen MR) is 87.7 cm³/mol. The van der Waals surface area contributed by atoms with Crippen LogP contribution in [0.2, 0.25) is 0 Å². The van der Waals surface area contributed by atoms with Crippen molar-refractivity contribution >= 4 is 5.69 Å². The Morgan fingerprint density at radius 1 is 1.20 bits per heavy atom. The molecule has 0 aliphatic carbocycles. The van der Waals surface area contributed by atoms with Gasteiger partial charge in [-0.25, -0.2) is 0 Å². The van der Waals surface area contributed by atoms with Gasteiger partial charge in [-0.05, 0) is 39.3 Å². The lowest BCUT2D eigenvalue weighted by molar-refractivity contribution is 0.109. The molecule has 0 bridgehead atoms. The van der Waals surface area contributed by atoms with E-state index in [1.807, 2.05) is 0 Å². The zero-order valence-electron chi connectivity index (χ0n) is 13.7. The molecule has 112 valence electrons. The van der Waals surface area contributed by atoms with Gasteiger partial charge in [-0.2, -0.15) is 0 Å². The molecule has 1 aliphatic heterocycles. The highest BCUT2D eigenvalue weighted by Gasteiger charge is 2.29. The van der Waals surface area contributed by atoms with Gasteiger partial charge in [0.15, 0.2) is 0 Å². The van der Waals surface area contributed by atoms with E-state index in [2.05, 4.69) is 68.1 Å². The first-order valence-electron chi connectivity index (χ1n) is 7.64. The van der Waals surface area contributed by atoms with E-state index in [0.717, 1.165) is 32.7 Å². The lowest BCUT2D eigenvalue weighted by atomic mass is 10.00. The maximum Gasteiger partial charge on any atom is 0.0394 e. The Bertz CT molecular complexity index is 448. The highest BCUT2D eigenvalue weighted by atomic mass is 15.3. The Morgan fingerprint density at radius 3 is 2.45 bits per heavy atom. The van der Waals surface area contributed by atoms with Crippen LogP contribution in [0.5, 0.6) is 0 Å². The molecule has 0 spiro atoms. The number of piperazine rings is 1. The fraction of sp³-hybridized carbons (Fsp3) is 0.647. The number of hydrogen-bond donors (Lipinski definition) is 1. The van der Waals surface area contributed by atoms with Crippen molar-refractivity contribution in [3.63, 3.8) is 0 Å². The Hall–Kier alpha value is -1.06. The van der Waals surface area contributed by atoms with Crippen molar-refractivity contribution in [2.45, 2.75) is 33.2 Å². The SMILES string of the molecule is Cc1ccc(N(C)CC(C)(C)N2CCNCC2)c(C)c1. The van der Waals surface area contributed by atoms with Crippen LogP contribution in [0.15, 0.2) is 18.2 Å². The third-order valence-corrected chi connectivity index (χ3v) is 4.36. The summed E-state index contributed by atoms with van der Waals surface area (Å²) in [5, 5.41) is 3.43. The summed E-state index contributed by atoms with van der Waals surface area (Å²) in [7, 11) is 2.21. The molecule has 0 radical (unpaired) electrons. The van der Waals surface area contributed by atoms with E-state index in [1.54, 1.807) is 0 Å². The van der Waals surface area contributed by atoms with Crippen molar-refractivity contribution in [2.75, 3.05) is 44.7 Å². The molecule has 1 fully saturated rings. The smallest absolute Gasteiger partial charge is 0.0394 e. The molecule has 0 amide bonds. The van der Waals surface area contributed by atoms with Crippen LogP contribution in [0.4, 0.5) is 5.69 Å². The number of aryl methyl sites for hydroxylation is 2. The summed E-state index contributed by atoms with van der Waals surface area (Å²) in [5.41, 5.74) is 4.25. The van der Waals surface area contributed by atoms with Crippen LogP contribution in [0.25, 0.3) is 0 Å². The molecule has 3 nitrogen and oxygen atoms in total. The zero-order chi connectivity index (χ0) is 14.8. The molecular weight excluding hydrogens is 246 g/mol. The molecule has 1 heterocycles. The molecule has 1 aliphatic rings. The van der Waals surface area contributed by atoms with Crippen LogP contribution >= 0.6 is 0 Å². The summed E-state index contributed by atoms with van der Waals surface area (Å²) in [4.78, 5) is 5.00. The minimum atomic E-state index is 0.203. The van der Waals surface area contributed by atoms with Crippen molar-refractivity contribution in [1.82, 2.24) is 10.2 Å². The van der Waals surface area contributed by atoms with Gasteiger partial charge in [0.25, 0.3) is 0 Å². The topological polar surface area (TPSA) is 18.5 Å². The van der Waals surface area contributed by atoms with E-state index in [9.17, 15) is 0 Å². The first-order chi connectivity index (χ1) is 9.40. The van der Waals surface area contributed by atoms with Crippen LogP contribution in [0.3, 0.4) is 0 Å². The van der Waals surface area contributed by atoms with Gasteiger partial charge in [0, 0.05) is 51.0 Å². The summed E-state index contributed by atoms with van der Waals surface area (Å²) < 4.78 is 0. The molecule has 0 unspecified atom stereocenters. The van der Waals surface area contributed by atoms with E-state index in [0.29, 0.717) is 0 Å². The van der Waals surface area contributed by atoms with Crippen LogP contribution in [0, 0.1) is 13.8 Å². The summed E-state index contributed by atoms with van der Waals surface area (Å²) in [5.74, 6) is 0. The highest BCUT2D eigenvalue weighted by molar-refractivity contribution is 5.54. The Morgan fingerprint density at radius 2 is 1.85 bits per heavy atom. The predicted octanol–water partition coefficient (Wildman–Crippen LogP) is 2.42. The first kappa shape index (κ1) is 15.3. The summed E-state index contributed by atoms with van der Waals surface area (Å²) in [6.45, 7) is 14.6. The van der Waals surface area contributed by atoms with Gasteiger partial charge >= 0.3 is 0 Å². The third kappa shape index (κ3) is 3.53. The first-order valence-corrected chi connectivity index (χ1v) is 7.64. The largest absolute Gasteiger partial charge is 0.373 e. The Balaban J connectivity index is 2.07. The molecule has 1 saturated heterocycles. The second-order valence-corrected chi connectivity index (χ2v) is 6.70. The van der Waals surface area contributed by atoms with Gasteiger partial charge in [-0.15, -0.1) is 0 Å². The van der Waals surface area contributed by atoms with Gasteiger partial charge < -0.3 is 10.2 Å². The van der Waals surface area contributed by atoms with E-state index < -0.39 is 0 Å². The fourth-order valence-corrected chi connectivity index (χ4v) is 3.27. The number of rotatable bonds is 4. The second-order valence-electron chi connectivity index (χ2n) is 6.70.